The topological polar surface area (TPSA) is 21.3 Å². The van der Waals surface area contributed by atoms with Crippen LogP contribution in [0.25, 0.3) is 0 Å². The largest absolute Gasteiger partial charge is 0.497 e. The molecule has 0 saturated heterocycles. The van der Waals surface area contributed by atoms with Gasteiger partial charge in [0.1, 0.15) is 5.75 Å². The first kappa shape index (κ1) is 14.2. The van der Waals surface area contributed by atoms with E-state index in [1.807, 2.05) is 6.07 Å². The molecular formula is C17H24BrNO. The van der Waals surface area contributed by atoms with Crippen molar-refractivity contribution in [1.29, 1.82) is 0 Å². The summed E-state index contributed by atoms with van der Waals surface area (Å²) >= 11 is 3.63. The van der Waals surface area contributed by atoms with E-state index in [1.165, 1.54) is 51.4 Å². The number of rotatable bonds is 3. The van der Waals surface area contributed by atoms with Gasteiger partial charge < -0.3 is 10.1 Å². The standard InChI is InChI=1S/C17H24BrNO/c1-20-14-4-5-15(18)16(12-14)19-13-6-10-17(11-7-13)8-2-3-9-17/h4-5,12-13,19H,2-3,6-11H2,1H3. The summed E-state index contributed by atoms with van der Waals surface area (Å²) < 4.78 is 6.44. The van der Waals surface area contributed by atoms with Crippen LogP contribution in [0.4, 0.5) is 5.69 Å². The van der Waals surface area contributed by atoms with Gasteiger partial charge in [0.05, 0.1) is 12.8 Å². The fraction of sp³-hybridized carbons (Fsp3) is 0.647. The fourth-order valence-electron chi connectivity index (χ4n) is 3.96. The molecule has 0 atom stereocenters. The predicted octanol–water partition coefficient (Wildman–Crippen LogP) is 5.37. The van der Waals surface area contributed by atoms with Crippen molar-refractivity contribution in [3.63, 3.8) is 0 Å². The lowest BCUT2D eigenvalue weighted by Crippen LogP contribution is -2.31. The number of hydrogen-bond donors (Lipinski definition) is 1. The lowest BCUT2D eigenvalue weighted by Gasteiger charge is -2.38. The highest BCUT2D eigenvalue weighted by Crippen LogP contribution is 2.49. The van der Waals surface area contributed by atoms with Crippen molar-refractivity contribution in [2.45, 2.75) is 57.4 Å². The van der Waals surface area contributed by atoms with Crippen molar-refractivity contribution in [3.8, 4) is 5.75 Å². The van der Waals surface area contributed by atoms with Crippen LogP contribution in [0.1, 0.15) is 51.4 Å². The first-order valence-electron chi connectivity index (χ1n) is 7.81. The normalized spacial score (nSPS) is 22.1. The van der Waals surface area contributed by atoms with Crippen LogP contribution in [0.2, 0.25) is 0 Å². The third-order valence-electron chi connectivity index (χ3n) is 5.24. The maximum atomic E-state index is 5.31. The molecule has 1 aromatic carbocycles. The molecule has 2 fully saturated rings. The van der Waals surface area contributed by atoms with Crippen molar-refractivity contribution in [3.05, 3.63) is 22.7 Å². The monoisotopic (exact) mass is 337 g/mol. The maximum absolute atomic E-state index is 5.31. The smallest absolute Gasteiger partial charge is 0.121 e. The van der Waals surface area contributed by atoms with Crippen LogP contribution in [-0.4, -0.2) is 13.2 Å². The molecule has 0 unspecified atom stereocenters. The molecule has 0 aromatic heterocycles. The number of benzene rings is 1. The number of anilines is 1. The number of hydrogen-bond acceptors (Lipinski definition) is 2. The maximum Gasteiger partial charge on any atom is 0.121 e. The highest BCUT2D eigenvalue weighted by molar-refractivity contribution is 9.10. The van der Waals surface area contributed by atoms with Gasteiger partial charge in [-0.1, -0.05) is 12.8 Å². The Balaban J connectivity index is 1.62. The quantitative estimate of drug-likeness (QED) is 0.800. The second-order valence-electron chi connectivity index (χ2n) is 6.47. The van der Waals surface area contributed by atoms with Crippen LogP contribution in [0.3, 0.4) is 0 Å². The Bertz CT molecular complexity index is 458. The van der Waals surface area contributed by atoms with Gasteiger partial charge in [-0.15, -0.1) is 0 Å². The van der Waals surface area contributed by atoms with E-state index in [4.69, 9.17) is 4.74 Å². The minimum absolute atomic E-state index is 0.615. The van der Waals surface area contributed by atoms with Crippen LogP contribution < -0.4 is 10.1 Å². The van der Waals surface area contributed by atoms with Crippen LogP contribution in [-0.2, 0) is 0 Å². The molecule has 0 heterocycles. The van der Waals surface area contributed by atoms with E-state index in [-0.39, 0.29) is 0 Å². The first-order chi connectivity index (χ1) is 9.71. The molecule has 2 saturated carbocycles. The zero-order chi connectivity index (χ0) is 14.0. The van der Waals surface area contributed by atoms with Gasteiger partial charge in [0, 0.05) is 16.6 Å². The summed E-state index contributed by atoms with van der Waals surface area (Å²) in [6, 6.07) is 6.75. The van der Waals surface area contributed by atoms with Crippen molar-refractivity contribution in [2.75, 3.05) is 12.4 Å². The van der Waals surface area contributed by atoms with E-state index in [9.17, 15) is 0 Å². The Morgan fingerprint density at radius 1 is 1.15 bits per heavy atom. The number of ether oxygens (including phenoxy) is 1. The third-order valence-corrected chi connectivity index (χ3v) is 5.94. The fourth-order valence-corrected chi connectivity index (χ4v) is 4.32. The average Bonchev–Trinajstić information content (AvgIpc) is 2.92. The Hall–Kier alpha value is -0.700. The van der Waals surface area contributed by atoms with Crippen LogP contribution in [0, 0.1) is 5.41 Å². The molecule has 0 bridgehead atoms. The zero-order valence-corrected chi connectivity index (χ0v) is 13.8. The van der Waals surface area contributed by atoms with Crippen molar-refractivity contribution >= 4 is 21.6 Å². The number of halogens is 1. The van der Waals surface area contributed by atoms with Crippen LogP contribution in [0.5, 0.6) is 5.75 Å². The number of methoxy groups -OCH3 is 1. The Morgan fingerprint density at radius 2 is 1.85 bits per heavy atom. The summed E-state index contributed by atoms with van der Waals surface area (Å²) in [6.45, 7) is 0. The molecule has 0 amide bonds. The zero-order valence-electron chi connectivity index (χ0n) is 12.3. The highest BCUT2D eigenvalue weighted by atomic mass is 79.9. The minimum atomic E-state index is 0.615. The van der Waals surface area contributed by atoms with Gasteiger partial charge in [-0.2, -0.15) is 0 Å². The Kier molecular flexibility index (Phi) is 4.25. The molecule has 3 rings (SSSR count). The summed E-state index contributed by atoms with van der Waals surface area (Å²) in [4.78, 5) is 0. The molecule has 1 aromatic rings. The van der Waals surface area contributed by atoms with Gasteiger partial charge >= 0.3 is 0 Å². The summed E-state index contributed by atoms with van der Waals surface area (Å²) in [7, 11) is 1.72. The summed E-state index contributed by atoms with van der Waals surface area (Å²) in [6.07, 6.45) is 11.3. The van der Waals surface area contributed by atoms with Gasteiger partial charge in [-0.05, 0) is 72.0 Å². The lowest BCUT2D eigenvalue weighted by molar-refractivity contribution is 0.188. The molecule has 2 nitrogen and oxygen atoms in total. The van der Waals surface area contributed by atoms with E-state index >= 15 is 0 Å². The van der Waals surface area contributed by atoms with Crippen molar-refractivity contribution in [1.82, 2.24) is 0 Å². The lowest BCUT2D eigenvalue weighted by atomic mass is 9.71. The average molecular weight is 338 g/mol. The van der Waals surface area contributed by atoms with Crippen molar-refractivity contribution in [2.24, 2.45) is 5.41 Å². The minimum Gasteiger partial charge on any atom is -0.497 e. The van der Waals surface area contributed by atoms with E-state index in [2.05, 4.69) is 33.4 Å². The van der Waals surface area contributed by atoms with Crippen molar-refractivity contribution < 1.29 is 4.74 Å². The van der Waals surface area contributed by atoms with Crippen LogP contribution >= 0.6 is 15.9 Å². The van der Waals surface area contributed by atoms with Gasteiger partial charge in [-0.3, -0.25) is 0 Å². The van der Waals surface area contributed by atoms with E-state index in [1.54, 1.807) is 7.11 Å². The van der Waals surface area contributed by atoms with Gasteiger partial charge in [0.15, 0.2) is 0 Å². The Morgan fingerprint density at radius 3 is 2.50 bits per heavy atom. The van der Waals surface area contributed by atoms with Gasteiger partial charge in [0.25, 0.3) is 0 Å². The molecule has 2 aliphatic carbocycles. The number of nitrogens with one attached hydrogen (secondary N) is 1. The Labute approximate surface area is 130 Å². The summed E-state index contributed by atoms with van der Waals surface area (Å²) in [5, 5.41) is 3.70. The molecule has 0 radical (unpaired) electrons. The second-order valence-corrected chi connectivity index (χ2v) is 7.33. The molecule has 1 N–H and O–H groups in total. The molecule has 2 aliphatic rings. The van der Waals surface area contributed by atoms with Crippen LogP contribution in [0.15, 0.2) is 22.7 Å². The predicted molar refractivity (Wildman–Crippen MR) is 87.5 cm³/mol. The molecule has 3 heteroatoms. The van der Waals surface area contributed by atoms with E-state index < -0.39 is 0 Å². The van der Waals surface area contributed by atoms with E-state index in [0.717, 1.165) is 15.9 Å². The molecular weight excluding hydrogens is 314 g/mol. The third kappa shape index (κ3) is 2.98. The SMILES string of the molecule is COc1ccc(Br)c(NC2CCC3(CCCC3)CC2)c1. The molecule has 110 valence electrons. The highest BCUT2D eigenvalue weighted by Gasteiger charge is 2.37. The molecule has 0 aliphatic heterocycles. The summed E-state index contributed by atoms with van der Waals surface area (Å²) in [5.74, 6) is 0.916. The summed E-state index contributed by atoms with van der Waals surface area (Å²) in [5.41, 5.74) is 1.88. The molecule has 20 heavy (non-hydrogen) atoms. The van der Waals surface area contributed by atoms with Gasteiger partial charge in [0.2, 0.25) is 0 Å². The second kappa shape index (κ2) is 5.97. The first-order valence-corrected chi connectivity index (χ1v) is 8.60. The van der Waals surface area contributed by atoms with E-state index in [0.29, 0.717) is 11.5 Å². The molecule has 1 spiro atoms. The van der Waals surface area contributed by atoms with Gasteiger partial charge in [-0.25, -0.2) is 0 Å².